The molecule has 0 radical (unpaired) electrons. The molecule has 8 heteroatoms. The number of pyridine rings is 1. The van der Waals surface area contributed by atoms with Crippen LogP contribution in [0.5, 0.6) is 0 Å². The van der Waals surface area contributed by atoms with Gasteiger partial charge in [-0.3, -0.25) is 4.98 Å². The van der Waals surface area contributed by atoms with E-state index in [1.54, 1.807) is 31.6 Å². The Morgan fingerprint density at radius 3 is 2.74 bits per heavy atom. The first kappa shape index (κ1) is 14.0. The fraction of sp³-hybridized carbons (Fsp3) is 0.273. The topological polar surface area (TPSA) is 68.1 Å². The number of sulfonamides is 1. The summed E-state index contributed by atoms with van der Waals surface area (Å²) in [5.74, 6) is 0. The lowest BCUT2D eigenvalue weighted by atomic mass is 10.3. The van der Waals surface area contributed by atoms with Crippen LogP contribution in [0.2, 0.25) is 5.15 Å². The van der Waals surface area contributed by atoms with Crippen LogP contribution in [0.3, 0.4) is 0 Å². The average molecular weight is 301 g/mol. The number of halogens is 1. The summed E-state index contributed by atoms with van der Waals surface area (Å²) < 4.78 is 27.3. The van der Waals surface area contributed by atoms with Crippen molar-refractivity contribution < 1.29 is 8.42 Å². The van der Waals surface area contributed by atoms with Crippen LogP contribution < -0.4 is 0 Å². The van der Waals surface area contributed by atoms with Crippen molar-refractivity contribution in [3.8, 4) is 0 Å². The van der Waals surface area contributed by atoms with Crippen LogP contribution >= 0.6 is 11.6 Å². The molecule has 19 heavy (non-hydrogen) atoms. The van der Waals surface area contributed by atoms with E-state index in [1.807, 2.05) is 0 Å². The van der Waals surface area contributed by atoms with Gasteiger partial charge in [0.2, 0.25) is 5.03 Å². The first-order valence-corrected chi connectivity index (χ1v) is 7.27. The highest BCUT2D eigenvalue weighted by atomic mass is 35.5. The van der Waals surface area contributed by atoms with Crippen LogP contribution in [0, 0.1) is 0 Å². The Hall–Kier alpha value is -1.44. The summed E-state index contributed by atoms with van der Waals surface area (Å²) in [4.78, 5) is 7.78. The molecule has 0 spiro atoms. The van der Waals surface area contributed by atoms with Crippen LogP contribution in [0.25, 0.3) is 0 Å². The molecule has 0 fully saturated rings. The molecule has 0 atom stereocenters. The number of nitrogens with zero attached hydrogens (tertiary/aromatic N) is 4. The van der Waals surface area contributed by atoms with Gasteiger partial charge >= 0.3 is 0 Å². The van der Waals surface area contributed by atoms with Crippen LogP contribution in [0.15, 0.2) is 35.9 Å². The third-order valence-corrected chi connectivity index (χ3v) is 4.91. The summed E-state index contributed by atoms with van der Waals surface area (Å²) in [5.41, 5.74) is 0.792. The van der Waals surface area contributed by atoms with Crippen LogP contribution in [-0.2, 0) is 23.6 Å². The van der Waals surface area contributed by atoms with Crippen molar-refractivity contribution in [1.82, 2.24) is 18.8 Å². The van der Waals surface area contributed by atoms with Crippen molar-refractivity contribution in [2.45, 2.75) is 11.6 Å². The second-order valence-electron chi connectivity index (χ2n) is 4.07. The largest absolute Gasteiger partial charge is 0.324 e. The van der Waals surface area contributed by atoms with E-state index in [0.717, 1.165) is 5.56 Å². The highest BCUT2D eigenvalue weighted by molar-refractivity contribution is 7.89. The fourth-order valence-corrected chi connectivity index (χ4v) is 3.08. The molecular formula is C11H13ClN4O2S. The minimum atomic E-state index is -3.71. The van der Waals surface area contributed by atoms with Gasteiger partial charge in [-0.05, 0) is 11.6 Å². The Balaban J connectivity index is 2.28. The molecule has 2 aromatic heterocycles. The normalized spacial score (nSPS) is 12.0. The Labute approximate surface area is 116 Å². The predicted octanol–water partition coefficient (Wildman–Crippen LogP) is 1.29. The Morgan fingerprint density at radius 2 is 2.21 bits per heavy atom. The summed E-state index contributed by atoms with van der Waals surface area (Å²) in [6.07, 6.45) is 4.62. The Morgan fingerprint density at radius 1 is 1.47 bits per heavy atom. The number of imidazole rings is 1. The lowest BCUT2D eigenvalue weighted by molar-refractivity contribution is 0.464. The maximum atomic E-state index is 12.3. The molecule has 0 bridgehead atoms. The van der Waals surface area contributed by atoms with Gasteiger partial charge in [-0.2, -0.15) is 4.31 Å². The summed E-state index contributed by atoms with van der Waals surface area (Å²) in [7, 11) is -0.591. The van der Waals surface area contributed by atoms with Crippen molar-refractivity contribution in [2.75, 3.05) is 7.05 Å². The molecule has 2 rings (SSSR count). The summed E-state index contributed by atoms with van der Waals surface area (Å²) >= 11 is 5.92. The van der Waals surface area contributed by atoms with Gasteiger partial charge in [0.05, 0.1) is 6.33 Å². The van der Waals surface area contributed by atoms with E-state index in [2.05, 4.69) is 9.97 Å². The van der Waals surface area contributed by atoms with Gasteiger partial charge in [-0.1, -0.05) is 17.7 Å². The maximum Gasteiger partial charge on any atom is 0.263 e. The van der Waals surface area contributed by atoms with E-state index in [4.69, 9.17) is 11.6 Å². The van der Waals surface area contributed by atoms with Crippen LogP contribution in [0.1, 0.15) is 5.56 Å². The molecule has 2 aromatic rings. The average Bonchev–Trinajstić information content (AvgIpc) is 2.71. The summed E-state index contributed by atoms with van der Waals surface area (Å²) in [6.45, 7) is 0.211. The van der Waals surface area contributed by atoms with Gasteiger partial charge in [0, 0.05) is 33.0 Å². The molecule has 0 amide bonds. The maximum absolute atomic E-state index is 12.3. The number of aromatic nitrogens is 3. The fourth-order valence-electron chi connectivity index (χ4n) is 1.55. The van der Waals surface area contributed by atoms with E-state index in [-0.39, 0.29) is 16.7 Å². The van der Waals surface area contributed by atoms with Crippen molar-refractivity contribution in [3.63, 3.8) is 0 Å². The third-order valence-electron chi connectivity index (χ3n) is 2.62. The van der Waals surface area contributed by atoms with Gasteiger partial charge in [-0.25, -0.2) is 13.4 Å². The standard InChI is InChI=1S/C11H13ClN4O2S/c1-15-8-14-11(10(15)12)19(17,18)16(2)7-9-4-3-5-13-6-9/h3-6,8H,7H2,1-2H3. The van der Waals surface area contributed by atoms with Gasteiger partial charge in [0.25, 0.3) is 10.0 Å². The Bertz CT molecular complexity index is 669. The second kappa shape index (κ2) is 5.28. The van der Waals surface area contributed by atoms with E-state index in [0.29, 0.717) is 0 Å². The zero-order valence-corrected chi connectivity index (χ0v) is 12.1. The van der Waals surface area contributed by atoms with Gasteiger partial charge in [0.1, 0.15) is 5.15 Å². The Kier molecular flexibility index (Phi) is 3.88. The molecule has 0 saturated heterocycles. The lowest BCUT2D eigenvalue weighted by Crippen LogP contribution is -2.27. The lowest BCUT2D eigenvalue weighted by Gasteiger charge is -2.15. The molecule has 0 aliphatic carbocycles. The first-order chi connectivity index (χ1) is 8.93. The summed E-state index contributed by atoms with van der Waals surface area (Å²) in [6, 6.07) is 3.56. The van der Waals surface area contributed by atoms with Gasteiger partial charge < -0.3 is 4.57 Å². The number of aryl methyl sites for hydroxylation is 1. The summed E-state index contributed by atoms with van der Waals surface area (Å²) in [5, 5.41) is -0.0407. The molecule has 0 aromatic carbocycles. The van der Waals surface area contributed by atoms with E-state index >= 15 is 0 Å². The third kappa shape index (κ3) is 2.78. The van der Waals surface area contributed by atoms with Gasteiger partial charge in [-0.15, -0.1) is 0 Å². The van der Waals surface area contributed by atoms with Crippen LogP contribution in [-0.4, -0.2) is 34.3 Å². The van der Waals surface area contributed by atoms with E-state index < -0.39 is 10.0 Å². The monoisotopic (exact) mass is 300 g/mol. The van der Waals surface area contributed by atoms with Crippen molar-refractivity contribution in [3.05, 3.63) is 41.6 Å². The minimum Gasteiger partial charge on any atom is -0.324 e. The molecule has 0 aliphatic rings. The molecule has 0 aliphatic heterocycles. The van der Waals surface area contributed by atoms with Gasteiger partial charge in [0.15, 0.2) is 0 Å². The quantitative estimate of drug-likeness (QED) is 0.853. The van der Waals surface area contributed by atoms with Crippen molar-refractivity contribution in [2.24, 2.45) is 7.05 Å². The zero-order valence-electron chi connectivity index (χ0n) is 10.5. The first-order valence-electron chi connectivity index (χ1n) is 5.45. The predicted molar refractivity (Wildman–Crippen MR) is 71.1 cm³/mol. The number of hydrogen-bond donors (Lipinski definition) is 0. The SMILES string of the molecule is CN(Cc1cccnc1)S(=O)(=O)c1ncn(C)c1Cl. The highest BCUT2D eigenvalue weighted by Gasteiger charge is 2.27. The molecular weight excluding hydrogens is 288 g/mol. The minimum absolute atomic E-state index is 0.0954. The molecule has 2 heterocycles. The molecule has 0 N–H and O–H groups in total. The highest BCUT2D eigenvalue weighted by Crippen LogP contribution is 2.22. The molecule has 102 valence electrons. The van der Waals surface area contributed by atoms with Crippen LogP contribution in [0.4, 0.5) is 0 Å². The smallest absolute Gasteiger partial charge is 0.263 e. The van der Waals surface area contributed by atoms with Crippen molar-refractivity contribution >= 4 is 21.6 Å². The second-order valence-corrected chi connectivity index (χ2v) is 6.39. The van der Waals surface area contributed by atoms with E-state index in [1.165, 1.54) is 22.2 Å². The zero-order chi connectivity index (χ0) is 14.0. The molecule has 0 unspecified atom stereocenters. The number of rotatable bonds is 4. The van der Waals surface area contributed by atoms with E-state index in [9.17, 15) is 8.42 Å². The molecule has 6 nitrogen and oxygen atoms in total. The van der Waals surface area contributed by atoms with Crippen molar-refractivity contribution in [1.29, 1.82) is 0 Å². The number of hydrogen-bond acceptors (Lipinski definition) is 4. The molecule has 0 saturated carbocycles.